The Bertz CT molecular complexity index is 961. The number of nitrogens with zero attached hydrogens (tertiary/aromatic N) is 1. The lowest BCUT2D eigenvalue weighted by molar-refractivity contribution is -0.0329. The maximum atomic E-state index is 13.0. The number of hydrogen-bond acceptors (Lipinski definition) is 5. The molecule has 0 bridgehead atoms. The summed E-state index contributed by atoms with van der Waals surface area (Å²) >= 11 is 0. The molecule has 2 aliphatic rings. The van der Waals surface area contributed by atoms with Gasteiger partial charge in [0.25, 0.3) is 0 Å². The summed E-state index contributed by atoms with van der Waals surface area (Å²) in [5, 5.41) is 0. The highest BCUT2D eigenvalue weighted by molar-refractivity contribution is 7.89. The molecule has 0 radical (unpaired) electrons. The normalized spacial score (nSPS) is 19.2. The van der Waals surface area contributed by atoms with Crippen LogP contribution in [0.25, 0.3) is 0 Å². The quantitative estimate of drug-likeness (QED) is 0.773. The van der Waals surface area contributed by atoms with Crippen molar-refractivity contribution in [3.63, 3.8) is 0 Å². The third kappa shape index (κ3) is 2.50. The predicted molar refractivity (Wildman–Crippen MR) is 94.5 cm³/mol. The van der Waals surface area contributed by atoms with Crippen molar-refractivity contribution in [2.45, 2.75) is 23.3 Å². The fourth-order valence-corrected chi connectivity index (χ4v) is 5.37. The minimum absolute atomic E-state index is 0.155. The van der Waals surface area contributed by atoms with Crippen molar-refractivity contribution in [3.8, 4) is 5.75 Å². The third-order valence-corrected chi connectivity index (χ3v) is 7.08. The first kappa shape index (κ1) is 17.1. The van der Waals surface area contributed by atoms with Gasteiger partial charge in [0, 0.05) is 31.5 Å². The summed E-state index contributed by atoms with van der Waals surface area (Å²) in [5.41, 5.74) is 0.716. The van der Waals surface area contributed by atoms with Gasteiger partial charge in [-0.25, -0.2) is 13.2 Å². The molecular formula is C19H19NO5S. The van der Waals surface area contributed by atoms with E-state index in [0.29, 0.717) is 24.2 Å². The molecule has 1 fully saturated rings. The Labute approximate surface area is 152 Å². The summed E-state index contributed by atoms with van der Waals surface area (Å²) in [6, 6.07) is 13.9. The van der Waals surface area contributed by atoms with Crippen LogP contribution < -0.4 is 4.74 Å². The minimum atomic E-state index is -3.67. The second-order valence-electron chi connectivity index (χ2n) is 6.48. The smallest absolute Gasteiger partial charge is 0.339 e. The lowest BCUT2D eigenvalue weighted by atomic mass is 9.84. The van der Waals surface area contributed by atoms with Crippen molar-refractivity contribution in [2.24, 2.45) is 0 Å². The lowest BCUT2D eigenvalue weighted by Gasteiger charge is -2.38. The van der Waals surface area contributed by atoms with Crippen molar-refractivity contribution < 1.29 is 22.7 Å². The molecule has 0 unspecified atom stereocenters. The first-order valence-corrected chi connectivity index (χ1v) is 9.88. The molecule has 6 nitrogen and oxygen atoms in total. The van der Waals surface area contributed by atoms with Gasteiger partial charge in [-0.05, 0) is 18.2 Å². The molecular weight excluding hydrogens is 354 g/mol. The van der Waals surface area contributed by atoms with Crippen molar-refractivity contribution in [2.75, 3.05) is 20.2 Å². The first-order valence-electron chi connectivity index (χ1n) is 8.44. The van der Waals surface area contributed by atoms with E-state index >= 15 is 0 Å². The molecule has 1 saturated heterocycles. The van der Waals surface area contributed by atoms with E-state index in [1.165, 1.54) is 11.4 Å². The van der Waals surface area contributed by atoms with Crippen molar-refractivity contribution in [3.05, 3.63) is 59.7 Å². The van der Waals surface area contributed by atoms with Crippen LogP contribution in [-0.4, -0.2) is 38.9 Å². The summed E-state index contributed by atoms with van der Waals surface area (Å²) in [5.74, 6) is -0.00735. The maximum absolute atomic E-state index is 13.0. The van der Waals surface area contributed by atoms with E-state index in [-0.39, 0.29) is 24.0 Å². The van der Waals surface area contributed by atoms with Crippen LogP contribution in [-0.2, 0) is 20.4 Å². The van der Waals surface area contributed by atoms with E-state index in [4.69, 9.17) is 9.47 Å². The molecule has 0 aliphatic carbocycles. The van der Waals surface area contributed by atoms with Crippen LogP contribution in [0.2, 0.25) is 0 Å². The standard InChI is InChI=1S/C19H19NO5S/c1-24-16-8-4-5-9-17(16)26(22,23)20-12-10-19(11-13-20)15-7-3-2-6-14(15)18(21)25-19/h2-9H,10-13H2,1H3. The molecule has 2 heterocycles. The maximum Gasteiger partial charge on any atom is 0.339 e. The van der Waals surface area contributed by atoms with Gasteiger partial charge in [-0.2, -0.15) is 4.31 Å². The number of hydrogen-bond donors (Lipinski definition) is 0. The Kier molecular flexibility index (Phi) is 4.00. The minimum Gasteiger partial charge on any atom is -0.495 e. The zero-order chi connectivity index (χ0) is 18.4. The van der Waals surface area contributed by atoms with Crippen LogP contribution in [0.15, 0.2) is 53.4 Å². The average molecular weight is 373 g/mol. The van der Waals surface area contributed by atoms with Crippen molar-refractivity contribution in [1.82, 2.24) is 4.31 Å². The number of piperidine rings is 1. The van der Waals surface area contributed by atoms with E-state index in [1.54, 1.807) is 36.4 Å². The molecule has 2 aliphatic heterocycles. The summed E-state index contributed by atoms with van der Waals surface area (Å²) in [6.07, 6.45) is 0.869. The monoisotopic (exact) mass is 373 g/mol. The molecule has 0 saturated carbocycles. The van der Waals surface area contributed by atoms with Crippen LogP contribution >= 0.6 is 0 Å². The Hall–Kier alpha value is -2.38. The Morgan fingerprint density at radius 2 is 1.69 bits per heavy atom. The number of fused-ring (bicyclic) bond motifs is 2. The molecule has 4 rings (SSSR count). The van der Waals surface area contributed by atoms with Crippen LogP contribution in [0.1, 0.15) is 28.8 Å². The van der Waals surface area contributed by atoms with Crippen LogP contribution in [0.5, 0.6) is 5.75 Å². The molecule has 7 heteroatoms. The molecule has 0 amide bonds. The molecule has 0 aromatic heterocycles. The van der Waals surface area contributed by atoms with Gasteiger partial charge < -0.3 is 9.47 Å². The Balaban J connectivity index is 1.61. The number of esters is 1. The molecule has 136 valence electrons. The third-order valence-electron chi connectivity index (χ3n) is 5.14. The number of carbonyl (C=O) groups is 1. The average Bonchev–Trinajstić information content (AvgIpc) is 2.94. The van der Waals surface area contributed by atoms with Gasteiger partial charge in [-0.15, -0.1) is 0 Å². The van der Waals surface area contributed by atoms with Gasteiger partial charge in [0.05, 0.1) is 12.7 Å². The van der Waals surface area contributed by atoms with Gasteiger partial charge in [0.15, 0.2) is 0 Å². The van der Waals surface area contributed by atoms with Gasteiger partial charge in [0.2, 0.25) is 10.0 Å². The number of benzene rings is 2. The number of sulfonamides is 1. The van der Waals surface area contributed by atoms with Gasteiger partial charge in [0.1, 0.15) is 16.2 Å². The lowest BCUT2D eigenvalue weighted by Crippen LogP contribution is -2.45. The zero-order valence-corrected chi connectivity index (χ0v) is 15.2. The van der Waals surface area contributed by atoms with Crippen molar-refractivity contribution >= 4 is 16.0 Å². The zero-order valence-electron chi connectivity index (χ0n) is 14.3. The van der Waals surface area contributed by atoms with Gasteiger partial charge in [-0.1, -0.05) is 30.3 Å². The second-order valence-corrected chi connectivity index (χ2v) is 8.39. The topological polar surface area (TPSA) is 72.9 Å². The SMILES string of the molecule is COc1ccccc1S(=O)(=O)N1CCC2(CC1)OC(=O)c1ccccc12. The highest BCUT2D eigenvalue weighted by atomic mass is 32.2. The summed E-state index contributed by atoms with van der Waals surface area (Å²) < 4.78 is 38.4. The van der Waals surface area contributed by atoms with E-state index in [0.717, 1.165) is 5.56 Å². The van der Waals surface area contributed by atoms with Crippen molar-refractivity contribution in [1.29, 1.82) is 0 Å². The molecule has 2 aromatic carbocycles. The molecule has 1 spiro atoms. The molecule has 0 atom stereocenters. The molecule has 26 heavy (non-hydrogen) atoms. The number of methoxy groups -OCH3 is 1. The van der Waals surface area contributed by atoms with Gasteiger partial charge in [-0.3, -0.25) is 0 Å². The highest BCUT2D eigenvalue weighted by Gasteiger charge is 2.48. The number of ether oxygens (including phenoxy) is 2. The van der Waals surface area contributed by atoms with E-state index in [9.17, 15) is 13.2 Å². The predicted octanol–water partition coefficient (Wildman–Crippen LogP) is 2.55. The second kappa shape index (κ2) is 6.10. The number of rotatable bonds is 3. The van der Waals surface area contributed by atoms with E-state index < -0.39 is 15.6 Å². The summed E-state index contributed by atoms with van der Waals surface area (Å²) in [4.78, 5) is 12.3. The van der Waals surface area contributed by atoms with Crippen LogP contribution in [0.4, 0.5) is 0 Å². The Morgan fingerprint density at radius 1 is 1.04 bits per heavy atom. The van der Waals surface area contributed by atoms with Gasteiger partial charge >= 0.3 is 5.97 Å². The molecule has 2 aromatic rings. The Morgan fingerprint density at radius 3 is 2.42 bits per heavy atom. The fraction of sp³-hybridized carbons (Fsp3) is 0.316. The first-order chi connectivity index (χ1) is 12.5. The van der Waals surface area contributed by atoms with Crippen LogP contribution in [0.3, 0.4) is 0 Å². The highest BCUT2D eigenvalue weighted by Crippen LogP contribution is 2.45. The van der Waals surface area contributed by atoms with Crippen LogP contribution in [0, 0.1) is 0 Å². The van der Waals surface area contributed by atoms with E-state index in [2.05, 4.69) is 0 Å². The molecule has 0 N–H and O–H groups in total. The summed E-state index contributed by atoms with van der Waals surface area (Å²) in [6.45, 7) is 0.560. The summed E-state index contributed by atoms with van der Waals surface area (Å²) in [7, 11) is -2.22. The largest absolute Gasteiger partial charge is 0.495 e. The number of carbonyl (C=O) groups excluding carboxylic acids is 1. The van der Waals surface area contributed by atoms with E-state index in [1.807, 2.05) is 12.1 Å². The number of para-hydroxylation sites is 1. The fourth-order valence-electron chi connectivity index (χ4n) is 3.78.